The summed E-state index contributed by atoms with van der Waals surface area (Å²) in [6, 6.07) is 6.24. The molecule has 0 bridgehead atoms. The smallest absolute Gasteiger partial charge is 0.0701 e. The van der Waals surface area contributed by atoms with Gasteiger partial charge < -0.3 is 0 Å². The highest BCUT2D eigenvalue weighted by Crippen LogP contribution is 2.22. The quantitative estimate of drug-likeness (QED) is 0.831. The Morgan fingerprint density at radius 3 is 3.00 bits per heavy atom. The van der Waals surface area contributed by atoms with E-state index in [1.165, 1.54) is 30.3 Å². The van der Waals surface area contributed by atoms with Crippen LogP contribution in [-0.2, 0) is 6.42 Å². The van der Waals surface area contributed by atoms with Crippen LogP contribution >= 0.6 is 15.9 Å². The van der Waals surface area contributed by atoms with Gasteiger partial charge in [0.25, 0.3) is 0 Å². The van der Waals surface area contributed by atoms with Gasteiger partial charge in [-0.2, -0.15) is 5.10 Å². The van der Waals surface area contributed by atoms with Crippen LogP contribution in [0, 0.1) is 0 Å². The Morgan fingerprint density at radius 1 is 1.33 bits per heavy atom. The lowest BCUT2D eigenvalue weighted by Gasteiger charge is -1.97. The molecule has 0 amide bonds. The molecule has 0 atom stereocenters. The minimum Gasteiger partial charge on any atom is -0.278 e. The van der Waals surface area contributed by atoms with Crippen molar-refractivity contribution in [2.75, 3.05) is 0 Å². The predicted molar refractivity (Wildman–Crippen MR) is 67.0 cm³/mol. The van der Waals surface area contributed by atoms with Crippen molar-refractivity contribution in [1.29, 1.82) is 0 Å². The predicted octanol–water partition coefficient (Wildman–Crippen LogP) is 4.06. The fourth-order valence-electron chi connectivity index (χ4n) is 1.77. The summed E-state index contributed by atoms with van der Waals surface area (Å²) in [6.45, 7) is 2.22. The minimum atomic E-state index is 1.07. The third kappa shape index (κ3) is 2.40. The maximum atomic E-state index is 4.36. The van der Waals surface area contributed by atoms with E-state index in [2.05, 4.69) is 45.2 Å². The molecule has 1 aromatic carbocycles. The van der Waals surface area contributed by atoms with Gasteiger partial charge in [-0.3, -0.25) is 5.10 Å². The molecule has 0 unspecified atom stereocenters. The molecule has 0 saturated heterocycles. The number of H-pyrrole nitrogens is 1. The second-order valence-electron chi connectivity index (χ2n) is 3.82. The van der Waals surface area contributed by atoms with Gasteiger partial charge in [-0.25, -0.2) is 0 Å². The Labute approximate surface area is 98.2 Å². The zero-order valence-corrected chi connectivity index (χ0v) is 10.5. The SMILES string of the molecule is CCCCCc1n[nH]c2ccc(Br)cc12. The largest absolute Gasteiger partial charge is 0.278 e. The Balaban J connectivity index is 2.23. The zero-order chi connectivity index (χ0) is 10.7. The maximum absolute atomic E-state index is 4.36. The summed E-state index contributed by atoms with van der Waals surface area (Å²) in [5, 5.41) is 8.68. The fourth-order valence-corrected chi connectivity index (χ4v) is 2.13. The summed E-state index contributed by atoms with van der Waals surface area (Å²) in [5.41, 5.74) is 2.32. The van der Waals surface area contributed by atoms with Gasteiger partial charge in [0.15, 0.2) is 0 Å². The number of benzene rings is 1. The average Bonchev–Trinajstić information content (AvgIpc) is 2.62. The molecule has 2 aromatic rings. The van der Waals surface area contributed by atoms with Crippen molar-refractivity contribution in [3.05, 3.63) is 28.4 Å². The molecule has 80 valence electrons. The number of nitrogens with zero attached hydrogens (tertiary/aromatic N) is 1. The van der Waals surface area contributed by atoms with E-state index in [0.29, 0.717) is 0 Å². The molecule has 0 spiro atoms. The van der Waals surface area contributed by atoms with Gasteiger partial charge in [0.05, 0.1) is 11.2 Å². The number of aromatic amines is 1. The van der Waals surface area contributed by atoms with Crippen molar-refractivity contribution < 1.29 is 0 Å². The van der Waals surface area contributed by atoms with Crippen molar-refractivity contribution in [3.63, 3.8) is 0 Å². The molecule has 0 radical (unpaired) electrons. The third-order valence-electron chi connectivity index (χ3n) is 2.62. The Hall–Kier alpha value is -0.830. The molecular weight excluding hydrogens is 252 g/mol. The molecule has 0 aliphatic carbocycles. The van der Waals surface area contributed by atoms with Crippen molar-refractivity contribution in [2.24, 2.45) is 0 Å². The molecule has 1 heterocycles. The van der Waals surface area contributed by atoms with Crippen LogP contribution in [0.3, 0.4) is 0 Å². The molecule has 0 fully saturated rings. The first-order valence-corrected chi connectivity index (χ1v) is 6.23. The van der Waals surface area contributed by atoms with E-state index in [0.717, 1.165) is 16.4 Å². The van der Waals surface area contributed by atoms with E-state index in [1.807, 2.05) is 6.07 Å². The van der Waals surface area contributed by atoms with Gasteiger partial charge in [0, 0.05) is 9.86 Å². The molecule has 15 heavy (non-hydrogen) atoms. The normalized spacial score (nSPS) is 11.1. The second-order valence-corrected chi connectivity index (χ2v) is 4.73. The zero-order valence-electron chi connectivity index (χ0n) is 8.89. The molecule has 0 aliphatic heterocycles. The van der Waals surface area contributed by atoms with Crippen LogP contribution < -0.4 is 0 Å². The van der Waals surface area contributed by atoms with Crippen molar-refractivity contribution in [2.45, 2.75) is 32.6 Å². The second kappa shape index (κ2) is 4.79. The van der Waals surface area contributed by atoms with Gasteiger partial charge in [0.2, 0.25) is 0 Å². The van der Waals surface area contributed by atoms with E-state index in [9.17, 15) is 0 Å². The summed E-state index contributed by atoms with van der Waals surface area (Å²) < 4.78 is 1.12. The number of hydrogen-bond acceptors (Lipinski definition) is 1. The molecule has 3 heteroatoms. The molecule has 1 N–H and O–H groups in total. The van der Waals surface area contributed by atoms with Crippen molar-refractivity contribution in [3.8, 4) is 0 Å². The highest BCUT2D eigenvalue weighted by molar-refractivity contribution is 9.10. The van der Waals surface area contributed by atoms with Crippen LogP contribution in [-0.4, -0.2) is 10.2 Å². The monoisotopic (exact) mass is 266 g/mol. The average molecular weight is 267 g/mol. The summed E-state index contributed by atoms with van der Waals surface area (Å²) in [5.74, 6) is 0. The highest BCUT2D eigenvalue weighted by atomic mass is 79.9. The third-order valence-corrected chi connectivity index (χ3v) is 3.11. The van der Waals surface area contributed by atoms with Crippen LogP contribution in [0.4, 0.5) is 0 Å². The number of fused-ring (bicyclic) bond motifs is 1. The van der Waals surface area contributed by atoms with Crippen molar-refractivity contribution in [1.82, 2.24) is 10.2 Å². The molecular formula is C12H15BrN2. The number of nitrogens with one attached hydrogen (secondary N) is 1. The number of hydrogen-bond donors (Lipinski definition) is 1. The molecule has 1 aromatic heterocycles. The van der Waals surface area contributed by atoms with E-state index < -0.39 is 0 Å². The Kier molecular flexibility index (Phi) is 3.41. The van der Waals surface area contributed by atoms with E-state index in [1.54, 1.807) is 0 Å². The summed E-state index contributed by atoms with van der Waals surface area (Å²) in [6.07, 6.45) is 4.83. The molecule has 0 aliphatic rings. The number of rotatable bonds is 4. The van der Waals surface area contributed by atoms with Gasteiger partial charge >= 0.3 is 0 Å². The lowest BCUT2D eigenvalue weighted by atomic mass is 10.1. The minimum absolute atomic E-state index is 1.07. The van der Waals surface area contributed by atoms with Crippen molar-refractivity contribution >= 4 is 26.8 Å². The topological polar surface area (TPSA) is 28.7 Å². The first-order chi connectivity index (χ1) is 7.31. The lowest BCUT2D eigenvalue weighted by Crippen LogP contribution is -1.86. The molecule has 2 rings (SSSR count). The summed E-state index contributed by atoms with van der Waals surface area (Å²) >= 11 is 3.49. The van der Waals surface area contributed by atoms with Crippen LogP contribution in [0.1, 0.15) is 31.9 Å². The first-order valence-electron chi connectivity index (χ1n) is 5.43. The van der Waals surface area contributed by atoms with Crippen LogP contribution in [0.15, 0.2) is 22.7 Å². The summed E-state index contributed by atoms with van der Waals surface area (Å²) in [7, 11) is 0. The van der Waals surface area contributed by atoms with Gasteiger partial charge in [-0.05, 0) is 31.0 Å². The number of halogens is 1. The van der Waals surface area contributed by atoms with Gasteiger partial charge in [-0.1, -0.05) is 35.7 Å². The number of unbranched alkanes of at least 4 members (excludes halogenated alkanes) is 2. The lowest BCUT2D eigenvalue weighted by molar-refractivity contribution is 0.707. The Morgan fingerprint density at radius 2 is 2.20 bits per heavy atom. The van der Waals surface area contributed by atoms with E-state index in [-0.39, 0.29) is 0 Å². The Bertz CT molecular complexity index is 448. The highest BCUT2D eigenvalue weighted by Gasteiger charge is 2.05. The fraction of sp³-hybridized carbons (Fsp3) is 0.417. The van der Waals surface area contributed by atoms with E-state index in [4.69, 9.17) is 0 Å². The van der Waals surface area contributed by atoms with Crippen LogP contribution in [0.25, 0.3) is 10.9 Å². The van der Waals surface area contributed by atoms with E-state index >= 15 is 0 Å². The maximum Gasteiger partial charge on any atom is 0.0701 e. The standard InChI is InChI=1S/C12H15BrN2/c1-2-3-4-5-11-10-8-9(13)6-7-12(10)15-14-11/h6-8H,2-5H2,1H3,(H,14,15). The van der Waals surface area contributed by atoms with Gasteiger partial charge in [-0.15, -0.1) is 0 Å². The van der Waals surface area contributed by atoms with Crippen LogP contribution in [0.5, 0.6) is 0 Å². The number of aryl methyl sites for hydroxylation is 1. The number of aromatic nitrogens is 2. The summed E-state index contributed by atoms with van der Waals surface area (Å²) in [4.78, 5) is 0. The molecule has 0 saturated carbocycles. The first kappa shape index (κ1) is 10.7. The van der Waals surface area contributed by atoms with Gasteiger partial charge in [0.1, 0.15) is 0 Å². The van der Waals surface area contributed by atoms with Crippen LogP contribution in [0.2, 0.25) is 0 Å². The molecule has 2 nitrogen and oxygen atoms in total.